The van der Waals surface area contributed by atoms with Crippen LogP contribution in [-0.4, -0.2) is 48.9 Å². The molecular formula is C21H22ClN3O2. The van der Waals surface area contributed by atoms with E-state index in [1.165, 1.54) is 4.90 Å². The summed E-state index contributed by atoms with van der Waals surface area (Å²) in [6.45, 7) is 5.07. The molecule has 2 heterocycles. The minimum Gasteiger partial charge on any atom is -0.369 e. The van der Waals surface area contributed by atoms with Crippen molar-refractivity contribution in [3.05, 3.63) is 59.1 Å². The minimum atomic E-state index is -0.362. The van der Waals surface area contributed by atoms with E-state index in [9.17, 15) is 9.59 Å². The average molecular weight is 384 g/mol. The van der Waals surface area contributed by atoms with Gasteiger partial charge < -0.3 is 4.90 Å². The number of carbonyl (C=O) groups excluding carboxylic acids is 2. The van der Waals surface area contributed by atoms with Crippen molar-refractivity contribution in [2.24, 2.45) is 0 Å². The van der Waals surface area contributed by atoms with Crippen LogP contribution in [-0.2, 0) is 9.59 Å². The fourth-order valence-electron chi connectivity index (χ4n) is 3.90. The molecule has 6 heteroatoms. The quantitative estimate of drug-likeness (QED) is 0.764. The van der Waals surface area contributed by atoms with Gasteiger partial charge in [0.15, 0.2) is 0 Å². The predicted molar refractivity (Wildman–Crippen MR) is 107 cm³/mol. The van der Waals surface area contributed by atoms with E-state index in [4.69, 9.17) is 11.6 Å². The molecular weight excluding hydrogens is 362 g/mol. The van der Waals surface area contributed by atoms with Crippen LogP contribution in [0.1, 0.15) is 12.0 Å². The van der Waals surface area contributed by atoms with E-state index in [1.807, 2.05) is 55.5 Å². The number of imide groups is 1. The van der Waals surface area contributed by atoms with Crippen molar-refractivity contribution in [1.82, 2.24) is 4.90 Å². The molecule has 2 aliphatic rings. The van der Waals surface area contributed by atoms with Crippen molar-refractivity contribution in [1.29, 1.82) is 0 Å². The third kappa shape index (κ3) is 3.57. The van der Waals surface area contributed by atoms with E-state index in [1.54, 1.807) is 0 Å². The van der Waals surface area contributed by atoms with Crippen molar-refractivity contribution >= 4 is 34.8 Å². The summed E-state index contributed by atoms with van der Waals surface area (Å²) < 4.78 is 0. The number of rotatable bonds is 3. The third-order valence-corrected chi connectivity index (χ3v) is 5.55. The first kappa shape index (κ1) is 18.0. The average Bonchev–Trinajstić information content (AvgIpc) is 2.96. The summed E-state index contributed by atoms with van der Waals surface area (Å²) in [4.78, 5) is 31.2. The Labute approximate surface area is 164 Å². The number of amides is 2. The van der Waals surface area contributed by atoms with Crippen LogP contribution in [0.4, 0.5) is 11.4 Å². The second-order valence-corrected chi connectivity index (χ2v) is 7.57. The Morgan fingerprint density at radius 3 is 2.33 bits per heavy atom. The lowest BCUT2D eigenvalue weighted by atomic mass is 10.1. The number of hydrogen-bond acceptors (Lipinski definition) is 4. The van der Waals surface area contributed by atoms with Gasteiger partial charge in [-0.05, 0) is 42.8 Å². The maximum atomic E-state index is 13.0. The highest BCUT2D eigenvalue weighted by molar-refractivity contribution is 6.30. The second kappa shape index (κ2) is 7.33. The zero-order valence-corrected chi connectivity index (χ0v) is 16.0. The first-order chi connectivity index (χ1) is 13.0. The van der Waals surface area contributed by atoms with Gasteiger partial charge in [-0.1, -0.05) is 29.8 Å². The molecule has 5 nitrogen and oxygen atoms in total. The monoisotopic (exact) mass is 383 g/mol. The maximum Gasteiger partial charge on any atom is 0.251 e. The van der Waals surface area contributed by atoms with Crippen LogP contribution in [0.3, 0.4) is 0 Å². The topological polar surface area (TPSA) is 43.9 Å². The van der Waals surface area contributed by atoms with Crippen LogP contribution in [0, 0.1) is 6.92 Å². The van der Waals surface area contributed by atoms with E-state index in [0.717, 1.165) is 42.5 Å². The van der Waals surface area contributed by atoms with Crippen molar-refractivity contribution in [3.63, 3.8) is 0 Å². The van der Waals surface area contributed by atoms with Crippen molar-refractivity contribution in [2.45, 2.75) is 19.4 Å². The number of benzene rings is 2. The highest BCUT2D eigenvalue weighted by Gasteiger charge is 2.43. The molecule has 2 fully saturated rings. The summed E-state index contributed by atoms with van der Waals surface area (Å²) in [6.07, 6.45) is 0.254. The molecule has 0 aliphatic carbocycles. The van der Waals surface area contributed by atoms with Crippen LogP contribution in [0.2, 0.25) is 5.02 Å². The van der Waals surface area contributed by atoms with Crippen LogP contribution < -0.4 is 9.80 Å². The molecule has 2 aromatic rings. The zero-order chi connectivity index (χ0) is 19.0. The standard InChI is InChI=1S/C21H22ClN3O2/c1-15-4-2-7-18(12-15)25-20(26)14-19(21(25)27)24-10-8-23(9-11-24)17-6-3-5-16(22)13-17/h2-7,12-13,19H,8-11,14H2,1H3/t19-/m1/s1. The number of halogens is 1. The molecule has 140 valence electrons. The van der Waals surface area contributed by atoms with Crippen LogP contribution >= 0.6 is 11.6 Å². The highest BCUT2D eigenvalue weighted by Crippen LogP contribution is 2.28. The Morgan fingerprint density at radius 2 is 1.63 bits per heavy atom. The summed E-state index contributed by atoms with van der Waals surface area (Å²) in [5.74, 6) is -0.227. The molecule has 0 N–H and O–H groups in total. The van der Waals surface area contributed by atoms with Gasteiger partial charge in [0.2, 0.25) is 5.91 Å². The second-order valence-electron chi connectivity index (χ2n) is 7.13. The van der Waals surface area contributed by atoms with Gasteiger partial charge in [0.1, 0.15) is 0 Å². The molecule has 0 unspecified atom stereocenters. The van der Waals surface area contributed by atoms with E-state index >= 15 is 0 Å². The van der Waals surface area contributed by atoms with Crippen molar-refractivity contribution in [3.8, 4) is 0 Å². The maximum absolute atomic E-state index is 13.0. The molecule has 2 amide bonds. The van der Waals surface area contributed by atoms with Crippen molar-refractivity contribution < 1.29 is 9.59 Å². The summed E-state index contributed by atoms with van der Waals surface area (Å²) in [6, 6.07) is 15.0. The summed E-state index contributed by atoms with van der Waals surface area (Å²) in [7, 11) is 0. The van der Waals surface area contributed by atoms with Gasteiger partial charge in [0.25, 0.3) is 5.91 Å². The van der Waals surface area contributed by atoms with Crippen LogP contribution in [0.5, 0.6) is 0 Å². The van der Waals surface area contributed by atoms with Gasteiger partial charge in [-0.3, -0.25) is 14.5 Å². The number of aryl methyl sites for hydroxylation is 1. The van der Waals surface area contributed by atoms with E-state index in [2.05, 4.69) is 9.80 Å². The lowest BCUT2D eigenvalue weighted by molar-refractivity contribution is -0.123. The van der Waals surface area contributed by atoms with E-state index in [0.29, 0.717) is 5.69 Å². The smallest absolute Gasteiger partial charge is 0.251 e. The lowest BCUT2D eigenvalue weighted by Gasteiger charge is -2.38. The molecule has 4 rings (SSSR count). The fourth-order valence-corrected chi connectivity index (χ4v) is 4.09. The van der Waals surface area contributed by atoms with Gasteiger partial charge in [-0.25, -0.2) is 4.90 Å². The van der Waals surface area contributed by atoms with Gasteiger partial charge in [0, 0.05) is 36.9 Å². The number of anilines is 2. The van der Waals surface area contributed by atoms with Gasteiger partial charge in [0.05, 0.1) is 18.2 Å². The first-order valence-corrected chi connectivity index (χ1v) is 9.59. The predicted octanol–water partition coefficient (Wildman–Crippen LogP) is 3.10. The molecule has 2 saturated heterocycles. The van der Waals surface area contributed by atoms with Crippen LogP contribution in [0.15, 0.2) is 48.5 Å². The summed E-state index contributed by atoms with van der Waals surface area (Å²) in [5.41, 5.74) is 2.80. The van der Waals surface area contributed by atoms with Gasteiger partial charge in [-0.15, -0.1) is 0 Å². The minimum absolute atomic E-state index is 0.109. The van der Waals surface area contributed by atoms with E-state index in [-0.39, 0.29) is 24.3 Å². The molecule has 27 heavy (non-hydrogen) atoms. The molecule has 0 bridgehead atoms. The molecule has 2 aromatic carbocycles. The Balaban J connectivity index is 1.44. The Kier molecular flexibility index (Phi) is 4.89. The lowest BCUT2D eigenvalue weighted by Crippen LogP contribution is -2.52. The molecule has 2 aliphatic heterocycles. The number of nitrogens with zero attached hydrogens (tertiary/aromatic N) is 3. The SMILES string of the molecule is Cc1cccc(N2C(=O)C[C@@H](N3CCN(c4cccc(Cl)c4)CC3)C2=O)c1. The summed E-state index contributed by atoms with van der Waals surface area (Å²) >= 11 is 6.09. The normalized spacial score (nSPS) is 21.2. The fraction of sp³-hybridized carbons (Fsp3) is 0.333. The third-order valence-electron chi connectivity index (χ3n) is 5.31. The largest absolute Gasteiger partial charge is 0.369 e. The molecule has 1 atom stereocenters. The van der Waals surface area contributed by atoms with Gasteiger partial charge >= 0.3 is 0 Å². The number of hydrogen-bond donors (Lipinski definition) is 0. The Morgan fingerprint density at radius 1 is 0.926 bits per heavy atom. The molecule has 0 aromatic heterocycles. The number of piperazine rings is 1. The van der Waals surface area contributed by atoms with Crippen molar-refractivity contribution in [2.75, 3.05) is 36.0 Å². The van der Waals surface area contributed by atoms with E-state index < -0.39 is 0 Å². The van der Waals surface area contributed by atoms with Gasteiger partial charge in [-0.2, -0.15) is 0 Å². The van der Waals surface area contributed by atoms with Crippen LogP contribution in [0.25, 0.3) is 0 Å². The first-order valence-electron chi connectivity index (χ1n) is 9.21. The Bertz CT molecular complexity index is 877. The molecule has 0 saturated carbocycles. The number of carbonyl (C=O) groups is 2. The summed E-state index contributed by atoms with van der Waals surface area (Å²) in [5, 5.41) is 0.722. The Hall–Kier alpha value is -2.37. The zero-order valence-electron chi connectivity index (χ0n) is 15.3. The molecule has 0 spiro atoms. The highest BCUT2D eigenvalue weighted by atomic mass is 35.5. The molecule has 0 radical (unpaired) electrons.